The van der Waals surface area contributed by atoms with E-state index < -0.39 is 0 Å². The highest BCUT2D eigenvalue weighted by molar-refractivity contribution is 5.86. The molecule has 0 spiro atoms. The second kappa shape index (κ2) is 9.20. The smallest absolute Gasteiger partial charge is 0.242 e. The van der Waals surface area contributed by atoms with E-state index in [9.17, 15) is 9.59 Å². The summed E-state index contributed by atoms with van der Waals surface area (Å²) in [5.74, 6) is 0.953. The zero-order valence-corrected chi connectivity index (χ0v) is 15.6. The Kier molecular flexibility index (Phi) is 7.25. The summed E-state index contributed by atoms with van der Waals surface area (Å²) in [6, 6.07) is -0.0853. The van der Waals surface area contributed by atoms with E-state index >= 15 is 0 Å². The first-order valence-corrected chi connectivity index (χ1v) is 8.92. The number of carbonyl (C=O) groups excluding carboxylic acids is 2. The highest BCUT2D eigenvalue weighted by atomic mass is 35.5. The number of nitrogens with zero attached hydrogens (tertiary/aromatic N) is 3. The average Bonchev–Trinajstić information content (AvgIpc) is 3.06. The zero-order valence-electron chi connectivity index (χ0n) is 14.7. The lowest BCUT2D eigenvalue weighted by atomic mass is 9.89. The Morgan fingerprint density at radius 2 is 2.08 bits per heavy atom. The van der Waals surface area contributed by atoms with Gasteiger partial charge in [0, 0.05) is 45.0 Å². The van der Waals surface area contributed by atoms with Crippen molar-refractivity contribution in [1.82, 2.24) is 25.1 Å². The van der Waals surface area contributed by atoms with Crippen molar-refractivity contribution in [2.45, 2.75) is 38.1 Å². The van der Waals surface area contributed by atoms with Crippen molar-refractivity contribution in [3.05, 3.63) is 18.2 Å². The van der Waals surface area contributed by atoms with Crippen LogP contribution in [0.15, 0.2) is 12.4 Å². The van der Waals surface area contributed by atoms with Gasteiger partial charge in [0.2, 0.25) is 11.8 Å². The second-order valence-corrected chi connectivity index (χ2v) is 6.76. The van der Waals surface area contributed by atoms with Crippen LogP contribution in [0.4, 0.5) is 0 Å². The van der Waals surface area contributed by atoms with Crippen molar-refractivity contribution in [3.8, 4) is 0 Å². The van der Waals surface area contributed by atoms with E-state index in [4.69, 9.17) is 0 Å². The molecular weight excluding hydrogens is 342 g/mol. The fourth-order valence-electron chi connectivity index (χ4n) is 3.71. The molecule has 2 heterocycles. The number of hydrogen-bond acceptors (Lipinski definition) is 4. The van der Waals surface area contributed by atoms with Crippen molar-refractivity contribution >= 4 is 24.2 Å². The van der Waals surface area contributed by atoms with Crippen LogP contribution in [0, 0.1) is 5.92 Å². The monoisotopic (exact) mass is 369 g/mol. The molecule has 1 saturated carbocycles. The van der Waals surface area contributed by atoms with Crippen LogP contribution in [0.1, 0.15) is 44.0 Å². The van der Waals surface area contributed by atoms with E-state index in [1.165, 1.54) is 6.42 Å². The Bertz CT molecular complexity index is 585. The summed E-state index contributed by atoms with van der Waals surface area (Å²) in [6.07, 6.45) is 8.98. The lowest BCUT2D eigenvalue weighted by Gasteiger charge is -2.36. The topological polar surface area (TPSA) is 79.3 Å². The van der Waals surface area contributed by atoms with E-state index in [0.717, 1.165) is 38.1 Å². The number of rotatable bonds is 4. The summed E-state index contributed by atoms with van der Waals surface area (Å²) in [5.41, 5.74) is 0. The van der Waals surface area contributed by atoms with Crippen LogP contribution < -0.4 is 10.6 Å². The van der Waals surface area contributed by atoms with Crippen LogP contribution in [0.2, 0.25) is 0 Å². The SMILES string of the molecule is Cl.Cn1ccnc1C1CNCCN1C(=O)CNC(=O)C1CCCCC1. The van der Waals surface area contributed by atoms with Crippen LogP contribution in [0.5, 0.6) is 0 Å². The third kappa shape index (κ3) is 4.73. The fraction of sp³-hybridized carbons (Fsp3) is 0.706. The van der Waals surface area contributed by atoms with E-state index in [2.05, 4.69) is 15.6 Å². The van der Waals surface area contributed by atoms with Crippen LogP contribution in [-0.2, 0) is 16.6 Å². The van der Waals surface area contributed by atoms with Crippen molar-refractivity contribution in [1.29, 1.82) is 0 Å². The van der Waals surface area contributed by atoms with E-state index in [1.54, 1.807) is 6.20 Å². The number of amides is 2. The summed E-state index contributed by atoms with van der Waals surface area (Å²) < 4.78 is 1.94. The van der Waals surface area contributed by atoms with Gasteiger partial charge in [0.1, 0.15) is 11.9 Å². The van der Waals surface area contributed by atoms with Gasteiger partial charge < -0.3 is 20.1 Å². The normalized spacial score (nSPS) is 21.5. The van der Waals surface area contributed by atoms with Gasteiger partial charge in [-0.15, -0.1) is 12.4 Å². The quantitative estimate of drug-likeness (QED) is 0.830. The molecule has 1 aromatic heterocycles. The number of piperazine rings is 1. The highest BCUT2D eigenvalue weighted by Crippen LogP contribution is 2.24. The van der Waals surface area contributed by atoms with Gasteiger partial charge in [-0.1, -0.05) is 19.3 Å². The second-order valence-electron chi connectivity index (χ2n) is 6.76. The van der Waals surface area contributed by atoms with Crippen molar-refractivity contribution < 1.29 is 9.59 Å². The molecule has 1 saturated heterocycles. The average molecular weight is 370 g/mol. The van der Waals surface area contributed by atoms with Crippen molar-refractivity contribution in [2.24, 2.45) is 13.0 Å². The third-order valence-electron chi connectivity index (χ3n) is 5.11. The number of aromatic nitrogens is 2. The molecular formula is C17H28ClN5O2. The molecule has 0 aromatic carbocycles. The minimum atomic E-state index is -0.0853. The molecule has 0 radical (unpaired) electrons. The summed E-state index contributed by atoms with van der Waals surface area (Å²) in [7, 11) is 1.93. The summed E-state index contributed by atoms with van der Waals surface area (Å²) in [4.78, 5) is 31.1. The van der Waals surface area contributed by atoms with E-state index in [-0.39, 0.29) is 42.7 Å². The highest BCUT2D eigenvalue weighted by Gasteiger charge is 2.31. The molecule has 140 valence electrons. The van der Waals surface area contributed by atoms with Crippen LogP contribution in [0.3, 0.4) is 0 Å². The first-order valence-electron chi connectivity index (χ1n) is 8.92. The molecule has 1 aliphatic heterocycles. The van der Waals surface area contributed by atoms with Gasteiger partial charge in [0.15, 0.2) is 0 Å². The molecule has 1 aliphatic carbocycles. The largest absolute Gasteiger partial charge is 0.347 e. The molecule has 1 unspecified atom stereocenters. The Hall–Kier alpha value is -1.60. The van der Waals surface area contributed by atoms with Gasteiger partial charge in [-0.2, -0.15) is 0 Å². The molecule has 2 amide bonds. The molecule has 25 heavy (non-hydrogen) atoms. The summed E-state index contributed by atoms with van der Waals surface area (Å²) in [5, 5.41) is 6.17. The number of carbonyl (C=O) groups is 2. The van der Waals surface area contributed by atoms with E-state index in [1.807, 2.05) is 22.7 Å². The van der Waals surface area contributed by atoms with Crippen molar-refractivity contribution in [3.63, 3.8) is 0 Å². The Balaban J connectivity index is 0.00000225. The predicted octanol–water partition coefficient (Wildman–Crippen LogP) is 1.01. The molecule has 2 aliphatic rings. The maximum Gasteiger partial charge on any atom is 0.242 e. The predicted molar refractivity (Wildman–Crippen MR) is 97.4 cm³/mol. The first kappa shape index (κ1) is 19.7. The number of hydrogen-bond donors (Lipinski definition) is 2. The van der Waals surface area contributed by atoms with Gasteiger partial charge in [-0.25, -0.2) is 4.98 Å². The number of halogens is 1. The molecule has 3 rings (SSSR count). The standard InChI is InChI=1S/C17H27N5O2.ClH/c1-21-9-8-19-16(21)14-11-18-7-10-22(14)15(23)12-20-17(24)13-5-3-2-4-6-13;/h8-9,13-14,18H,2-7,10-12H2,1H3,(H,20,24);1H. The molecule has 2 N–H and O–H groups in total. The summed E-state index contributed by atoms with van der Waals surface area (Å²) >= 11 is 0. The maximum absolute atomic E-state index is 12.6. The Morgan fingerprint density at radius 3 is 2.76 bits per heavy atom. The minimum absolute atomic E-state index is 0. The molecule has 7 nitrogen and oxygen atoms in total. The van der Waals surface area contributed by atoms with Gasteiger partial charge in [0.05, 0.1) is 6.54 Å². The Labute approximate surface area is 155 Å². The maximum atomic E-state index is 12.6. The first-order chi connectivity index (χ1) is 11.7. The minimum Gasteiger partial charge on any atom is -0.347 e. The van der Waals surface area contributed by atoms with Crippen molar-refractivity contribution in [2.75, 3.05) is 26.2 Å². The molecule has 1 atom stereocenters. The van der Waals surface area contributed by atoms with Gasteiger partial charge in [-0.05, 0) is 12.8 Å². The fourth-order valence-corrected chi connectivity index (χ4v) is 3.71. The van der Waals surface area contributed by atoms with Gasteiger partial charge in [-0.3, -0.25) is 9.59 Å². The van der Waals surface area contributed by atoms with Gasteiger partial charge >= 0.3 is 0 Å². The Morgan fingerprint density at radius 1 is 1.32 bits per heavy atom. The lowest BCUT2D eigenvalue weighted by Crippen LogP contribution is -2.52. The zero-order chi connectivity index (χ0) is 16.9. The molecule has 0 bridgehead atoms. The van der Waals surface area contributed by atoms with Crippen LogP contribution in [0.25, 0.3) is 0 Å². The van der Waals surface area contributed by atoms with Crippen LogP contribution >= 0.6 is 12.4 Å². The van der Waals surface area contributed by atoms with Gasteiger partial charge in [0.25, 0.3) is 0 Å². The number of nitrogens with one attached hydrogen (secondary N) is 2. The third-order valence-corrected chi connectivity index (χ3v) is 5.11. The lowest BCUT2D eigenvalue weighted by molar-refractivity contribution is -0.136. The number of aryl methyl sites for hydroxylation is 1. The summed E-state index contributed by atoms with van der Waals surface area (Å²) in [6.45, 7) is 2.17. The van der Waals surface area contributed by atoms with E-state index in [0.29, 0.717) is 13.1 Å². The molecule has 1 aromatic rings. The van der Waals surface area contributed by atoms with Crippen LogP contribution in [-0.4, -0.2) is 52.4 Å². The molecule has 2 fully saturated rings. The molecule has 8 heteroatoms. The number of imidazole rings is 1.